The Morgan fingerprint density at radius 1 is 0.879 bits per heavy atom. The lowest BCUT2D eigenvalue weighted by molar-refractivity contribution is -0.118. The second-order valence-electron chi connectivity index (χ2n) is 7.58. The zero-order chi connectivity index (χ0) is 23.2. The summed E-state index contributed by atoms with van der Waals surface area (Å²) >= 11 is 0. The van der Waals surface area contributed by atoms with Crippen LogP contribution in [0.25, 0.3) is 10.8 Å². The molecular formula is C27H23FN2O3. The van der Waals surface area contributed by atoms with E-state index in [1.165, 1.54) is 18.2 Å². The fraction of sp³-hybridized carbons (Fsp3) is 0.111. The topological polar surface area (TPSA) is 67.4 Å². The first-order valence-corrected chi connectivity index (χ1v) is 10.6. The number of carbonyl (C=O) groups is 2. The van der Waals surface area contributed by atoms with E-state index in [2.05, 4.69) is 10.6 Å². The molecule has 0 saturated heterocycles. The minimum Gasteiger partial charge on any atom is -0.483 e. The van der Waals surface area contributed by atoms with Gasteiger partial charge in [0.25, 0.3) is 11.8 Å². The Balaban J connectivity index is 1.45. The van der Waals surface area contributed by atoms with Gasteiger partial charge in [-0.25, -0.2) is 4.39 Å². The van der Waals surface area contributed by atoms with Crippen molar-refractivity contribution in [1.29, 1.82) is 0 Å². The summed E-state index contributed by atoms with van der Waals surface area (Å²) < 4.78 is 19.3. The van der Waals surface area contributed by atoms with Crippen molar-refractivity contribution in [2.24, 2.45) is 0 Å². The summed E-state index contributed by atoms with van der Waals surface area (Å²) in [6.07, 6.45) is 0. The predicted octanol–water partition coefficient (Wildman–Crippen LogP) is 5.49. The van der Waals surface area contributed by atoms with Gasteiger partial charge in [0.2, 0.25) is 0 Å². The number of hydrogen-bond acceptors (Lipinski definition) is 3. The molecule has 0 fully saturated rings. The van der Waals surface area contributed by atoms with Gasteiger partial charge in [0.1, 0.15) is 11.6 Å². The van der Waals surface area contributed by atoms with E-state index in [4.69, 9.17) is 4.74 Å². The average molecular weight is 442 g/mol. The number of hydrogen-bond donors (Lipinski definition) is 2. The molecule has 5 nitrogen and oxygen atoms in total. The van der Waals surface area contributed by atoms with Crippen molar-refractivity contribution in [1.82, 2.24) is 5.32 Å². The number of fused-ring (bicyclic) bond motifs is 1. The first-order chi connectivity index (χ1) is 16.0. The van der Waals surface area contributed by atoms with E-state index in [9.17, 15) is 14.0 Å². The van der Waals surface area contributed by atoms with Crippen molar-refractivity contribution in [2.75, 3.05) is 11.9 Å². The van der Waals surface area contributed by atoms with Gasteiger partial charge < -0.3 is 15.4 Å². The minimum atomic E-state index is -0.534. The quantitative estimate of drug-likeness (QED) is 0.398. The maximum Gasteiger partial charge on any atom is 0.262 e. The molecule has 6 heteroatoms. The third-order valence-electron chi connectivity index (χ3n) is 5.28. The first-order valence-electron chi connectivity index (χ1n) is 10.6. The van der Waals surface area contributed by atoms with Crippen LogP contribution >= 0.6 is 0 Å². The highest BCUT2D eigenvalue weighted by Gasteiger charge is 2.18. The monoisotopic (exact) mass is 442 g/mol. The number of benzene rings is 4. The molecule has 0 aliphatic carbocycles. The van der Waals surface area contributed by atoms with Crippen LogP contribution in [0.1, 0.15) is 28.9 Å². The maximum atomic E-state index is 13.7. The molecule has 0 aromatic heterocycles. The number of amides is 2. The van der Waals surface area contributed by atoms with Crippen LogP contribution in [0, 0.1) is 5.82 Å². The Bertz CT molecular complexity index is 1300. The molecule has 0 saturated carbocycles. The van der Waals surface area contributed by atoms with Crippen LogP contribution < -0.4 is 15.4 Å². The van der Waals surface area contributed by atoms with Crippen molar-refractivity contribution in [3.8, 4) is 5.75 Å². The number of nitrogens with one attached hydrogen (secondary N) is 2. The third kappa shape index (κ3) is 5.18. The summed E-state index contributed by atoms with van der Waals surface area (Å²) in [4.78, 5) is 25.2. The molecule has 166 valence electrons. The number of rotatable bonds is 7. The van der Waals surface area contributed by atoms with Gasteiger partial charge in [-0.05, 0) is 47.5 Å². The highest BCUT2D eigenvalue weighted by atomic mass is 19.1. The fourth-order valence-electron chi connectivity index (χ4n) is 3.65. The van der Waals surface area contributed by atoms with E-state index in [0.29, 0.717) is 5.56 Å². The van der Waals surface area contributed by atoms with Gasteiger partial charge in [-0.3, -0.25) is 9.59 Å². The van der Waals surface area contributed by atoms with Gasteiger partial charge in [0, 0.05) is 0 Å². The largest absolute Gasteiger partial charge is 0.483 e. The van der Waals surface area contributed by atoms with E-state index in [0.717, 1.165) is 16.3 Å². The Morgan fingerprint density at radius 3 is 2.42 bits per heavy atom. The Morgan fingerprint density at radius 2 is 1.58 bits per heavy atom. The second kappa shape index (κ2) is 9.96. The Kier molecular flexibility index (Phi) is 6.64. The van der Waals surface area contributed by atoms with Gasteiger partial charge in [-0.2, -0.15) is 0 Å². The maximum absolute atomic E-state index is 13.7. The lowest BCUT2D eigenvalue weighted by Gasteiger charge is -2.18. The van der Waals surface area contributed by atoms with E-state index in [-0.39, 0.29) is 30.0 Å². The number of halogens is 1. The van der Waals surface area contributed by atoms with Crippen molar-refractivity contribution in [3.63, 3.8) is 0 Å². The summed E-state index contributed by atoms with van der Waals surface area (Å²) in [6.45, 7) is 1.56. The summed E-state index contributed by atoms with van der Waals surface area (Å²) in [5.41, 5.74) is 1.38. The van der Waals surface area contributed by atoms with Crippen molar-refractivity contribution < 1.29 is 18.7 Å². The van der Waals surface area contributed by atoms with Crippen molar-refractivity contribution in [3.05, 3.63) is 108 Å². The molecule has 4 aromatic rings. The summed E-state index contributed by atoms with van der Waals surface area (Å²) in [7, 11) is 0. The molecule has 0 bridgehead atoms. The average Bonchev–Trinajstić information content (AvgIpc) is 2.84. The molecule has 2 N–H and O–H groups in total. The molecule has 0 aliphatic heterocycles. The smallest absolute Gasteiger partial charge is 0.262 e. The molecule has 2 amide bonds. The van der Waals surface area contributed by atoms with Crippen LogP contribution in [-0.2, 0) is 4.79 Å². The highest BCUT2D eigenvalue weighted by Crippen LogP contribution is 2.25. The summed E-state index contributed by atoms with van der Waals surface area (Å²) in [6, 6.07) is 26.3. The van der Waals surface area contributed by atoms with E-state index in [1.54, 1.807) is 30.3 Å². The first kappa shape index (κ1) is 22.0. The third-order valence-corrected chi connectivity index (χ3v) is 5.28. The van der Waals surface area contributed by atoms with Crippen LogP contribution in [0.15, 0.2) is 91.0 Å². The normalized spacial score (nSPS) is 11.6. The molecule has 0 radical (unpaired) electrons. The van der Waals surface area contributed by atoms with Gasteiger partial charge in [-0.15, -0.1) is 0 Å². The van der Waals surface area contributed by atoms with Crippen LogP contribution in [0.3, 0.4) is 0 Å². The molecule has 0 aliphatic rings. The summed E-state index contributed by atoms with van der Waals surface area (Å²) in [5.74, 6) is -1.11. The zero-order valence-electron chi connectivity index (χ0n) is 18.0. The molecule has 33 heavy (non-hydrogen) atoms. The molecular weight excluding hydrogens is 419 g/mol. The molecule has 4 aromatic carbocycles. The number of ether oxygens (including phenoxy) is 1. The second-order valence-corrected chi connectivity index (χ2v) is 7.58. The predicted molar refractivity (Wildman–Crippen MR) is 127 cm³/mol. The van der Waals surface area contributed by atoms with Gasteiger partial charge in [-0.1, -0.05) is 66.7 Å². The SMILES string of the molecule is CC(NC(=O)c1ccccc1OCC(=O)Nc1ccccc1F)c1cccc2ccccc12. The standard InChI is InChI=1S/C27H23FN2O3/c1-18(20-13-8-10-19-9-2-3-11-21(19)20)29-27(32)22-12-4-7-16-25(22)33-17-26(31)30-24-15-6-5-14-23(24)28/h2-16,18H,17H2,1H3,(H,29,32)(H,30,31). The van der Waals surface area contributed by atoms with Crippen molar-refractivity contribution in [2.45, 2.75) is 13.0 Å². The Labute approximate surface area is 191 Å². The van der Waals surface area contributed by atoms with E-state index in [1.807, 2.05) is 49.4 Å². The molecule has 0 spiro atoms. The van der Waals surface area contributed by atoms with Crippen LogP contribution in [0.5, 0.6) is 5.75 Å². The lowest BCUT2D eigenvalue weighted by atomic mass is 9.99. The molecule has 1 unspecified atom stereocenters. The molecule has 0 heterocycles. The van der Waals surface area contributed by atoms with Gasteiger partial charge in [0.15, 0.2) is 6.61 Å². The number of carbonyl (C=O) groups excluding carboxylic acids is 2. The zero-order valence-corrected chi connectivity index (χ0v) is 18.0. The van der Waals surface area contributed by atoms with Gasteiger partial charge in [0.05, 0.1) is 17.3 Å². The number of para-hydroxylation sites is 2. The van der Waals surface area contributed by atoms with Crippen LogP contribution in [-0.4, -0.2) is 18.4 Å². The van der Waals surface area contributed by atoms with E-state index >= 15 is 0 Å². The van der Waals surface area contributed by atoms with E-state index < -0.39 is 11.7 Å². The van der Waals surface area contributed by atoms with Crippen LogP contribution in [0.2, 0.25) is 0 Å². The van der Waals surface area contributed by atoms with Gasteiger partial charge >= 0.3 is 0 Å². The fourth-order valence-corrected chi connectivity index (χ4v) is 3.65. The lowest BCUT2D eigenvalue weighted by Crippen LogP contribution is -2.28. The highest BCUT2D eigenvalue weighted by molar-refractivity contribution is 5.98. The number of anilines is 1. The van der Waals surface area contributed by atoms with Crippen LogP contribution in [0.4, 0.5) is 10.1 Å². The molecule has 4 rings (SSSR count). The minimum absolute atomic E-state index is 0.0704. The molecule has 1 atom stereocenters. The summed E-state index contributed by atoms with van der Waals surface area (Å²) in [5, 5.41) is 7.64. The van der Waals surface area contributed by atoms with Crippen molar-refractivity contribution >= 4 is 28.3 Å². The Hall–Kier alpha value is -4.19.